The van der Waals surface area contributed by atoms with Gasteiger partial charge in [0.05, 0.1) is 10.7 Å². The summed E-state index contributed by atoms with van der Waals surface area (Å²) in [7, 11) is 2.11. The van der Waals surface area contributed by atoms with Gasteiger partial charge in [0.1, 0.15) is 12.0 Å². The largest absolute Gasteiger partial charge is 0.393 e. The molecule has 2 heterocycles. The third-order valence-corrected chi connectivity index (χ3v) is 4.41. The van der Waals surface area contributed by atoms with E-state index in [-0.39, 0.29) is 0 Å². The molecule has 3 N–H and O–H groups in total. The van der Waals surface area contributed by atoms with Gasteiger partial charge in [-0.25, -0.2) is 9.97 Å². The van der Waals surface area contributed by atoms with E-state index < -0.39 is 0 Å². The first-order chi connectivity index (χ1) is 11.0. The molecule has 1 aliphatic rings. The number of nitrogens with two attached hydrogens (primary N) is 1. The Bertz CT molecular complexity index is 700. The van der Waals surface area contributed by atoms with Crippen molar-refractivity contribution in [2.45, 2.75) is 0 Å². The summed E-state index contributed by atoms with van der Waals surface area (Å²) in [5.41, 5.74) is 7.43. The lowest BCUT2D eigenvalue weighted by atomic mass is 10.3. The zero-order chi connectivity index (χ0) is 16.4. The van der Waals surface area contributed by atoms with Crippen LogP contribution in [-0.2, 0) is 0 Å². The van der Waals surface area contributed by atoms with Crippen molar-refractivity contribution in [3.05, 3.63) is 34.6 Å². The smallest absolute Gasteiger partial charge is 0.159 e. The van der Waals surface area contributed by atoms with Crippen LogP contribution in [-0.4, -0.2) is 48.1 Å². The quantitative estimate of drug-likeness (QED) is 0.884. The molecule has 122 valence electrons. The van der Waals surface area contributed by atoms with Crippen molar-refractivity contribution >= 4 is 46.2 Å². The molecule has 1 aliphatic heterocycles. The summed E-state index contributed by atoms with van der Waals surface area (Å²) < 4.78 is 0. The third kappa shape index (κ3) is 3.60. The van der Waals surface area contributed by atoms with Gasteiger partial charge in [-0.2, -0.15) is 0 Å². The molecule has 0 bridgehead atoms. The lowest BCUT2D eigenvalue weighted by molar-refractivity contribution is 0.312. The van der Waals surface area contributed by atoms with Gasteiger partial charge < -0.3 is 20.9 Å². The molecular formula is C15H18Cl2N6. The van der Waals surface area contributed by atoms with Crippen molar-refractivity contribution < 1.29 is 0 Å². The molecule has 6 nitrogen and oxygen atoms in total. The predicted molar refractivity (Wildman–Crippen MR) is 95.9 cm³/mol. The summed E-state index contributed by atoms with van der Waals surface area (Å²) in [6, 6.07) is 5.19. The molecule has 8 heteroatoms. The number of aromatic nitrogens is 2. The van der Waals surface area contributed by atoms with Crippen LogP contribution in [0.15, 0.2) is 24.5 Å². The SMILES string of the molecule is CN1CCN(c2ncnc(Nc3cc(Cl)ccc3Cl)c2N)CC1. The van der Waals surface area contributed by atoms with Gasteiger partial charge in [-0.05, 0) is 25.2 Å². The zero-order valence-corrected chi connectivity index (χ0v) is 14.3. The lowest BCUT2D eigenvalue weighted by Crippen LogP contribution is -2.45. The molecule has 1 aromatic heterocycles. The Morgan fingerprint density at radius 2 is 1.87 bits per heavy atom. The van der Waals surface area contributed by atoms with Gasteiger partial charge in [-0.15, -0.1) is 0 Å². The van der Waals surface area contributed by atoms with Crippen LogP contribution >= 0.6 is 23.2 Å². The highest BCUT2D eigenvalue weighted by Gasteiger charge is 2.19. The Labute approximate surface area is 145 Å². The van der Waals surface area contributed by atoms with Crippen molar-refractivity contribution in [3.63, 3.8) is 0 Å². The number of nitrogens with zero attached hydrogens (tertiary/aromatic N) is 4. The van der Waals surface area contributed by atoms with E-state index in [1.54, 1.807) is 18.2 Å². The minimum Gasteiger partial charge on any atom is -0.393 e. The van der Waals surface area contributed by atoms with Gasteiger partial charge in [-0.3, -0.25) is 0 Å². The molecule has 0 spiro atoms. The molecular weight excluding hydrogens is 335 g/mol. The maximum atomic E-state index is 6.27. The summed E-state index contributed by atoms with van der Waals surface area (Å²) >= 11 is 12.2. The molecule has 2 aromatic rings. The maximum Gasteiger partial charge on any atom is 0.159 e. The van der Waals surface area contributed by atoms with E-state index in [0.717, 1.165) is 32.0 Å². The number of nitrogens with one attached hydrogen (secondary N) is 1. The molecule has 0 aliphatic carbocycles. The molecule has 1 aromatic carbocycles. The highest BCUT2D eigenvalue weighted by atomic mass is 35.5. The Balaban J connectivity index is 1.86. The molecule has 0 atom stereocenters. The third-order valence-electron chi connectivity index (χ3n) is 3.85. The van der Waals surface area contributed by atoms with Gasteiger partial charge in [-0.1, -0.05) is 23.2 Å². The van der Waals surface area contributed by atoms with Crippen LogP contribution in [0.5, 0.6) is 0 Å². The van der Waals surface area contributed by atoms with Crippen molar-refractivity contribution in [1.29, 1.82) is 0 Å². The van der Waals surface area contributed by atoms with Crippen LogP contribution < -0.4 is 16.0 Å². The lowest BCUT2D eigenvalue weighted by Gasteiger charge is -2.33. The summed E-state index contributed by atoms with van der Waals surface area (Å²) in [6.45, 7) is 3.73. The van der Waals surface area contributed by atoms with Crippen molar-refractivity contribution in [3.8, 4) is 0 Å². The normalized spacial score (nSPS) is 15.7. The molecule has 0 radical (unpaired) electrons. The van der Waals surface area contributed by atoms with Gasteiger partial charge >= 0.3 is 0 Å². The number of rotatable bonds is 3. The number of anilines is 4. The fraction of sp³-hybridized carbons (Fsp3) is 0.333. The van der Waals surface area contributed by atoms with E-state index in [0.29, 0.717) is 27.2 Å². The first-order valence-electron chi connectivity index (χ1n) is 7.30. The number of likely N-dealkylation sites (N-methyl/N-ethyl adjacent to an activating group) is 1. The van der Waals surface area contributed by atoms with E-state index in [9.17, 15) is 0 Å². The molecule has 0 unspecified atom stereocenters. The van der Waals surface area contributed by atoms with E-state index in [4.69, 9.17) is 28.9 Å². The van der Waals surface area contributed by atoms with Crippen LogP contribution in [0.1, 0.15) is 0 Å². The van der Waals surface area contributed by atoms with E-state index in [1.165, 1.54) is 6.33 Å². The monoisotopic (exact) mass is 352 g/mol. The van der Waals surface area contributed by atoms with Crippen LogP contribution in [0.2, 0.25) is 10.0 Å². The second kappa shape index (κ2) is 6.78. The molecule has 0 saturated carbocycles. The number of halogens is 2. The van der Waals surface area contributed by atoms with E-state index in [1.807, 2.05) is 0 Å². The minimum absolute atomic E-state index is 0.507. The molecule has 3 rings (SSSR count). The topological polar surface area (TPSA) is 70.3 Å². The van der Waals surface area contributed by atoms with Crippen molar-refractivity contribution in [1.82, 2.24) is 14.9 Å². The first kappa shape index (κ1) is 16.1. The van der Waals surface area contributed by atoms with E-state index >= 15 is 0 Å². The van der Waals surface area contributed by atoms with Crippen LogP contribution in [0, 0.1) is 0 Å². The first-order valence-corrected chi connectivity index (χ1v) is 8.06. The minimum atomic E-state index is 0.507. The standard InChI is InChI=1S/C15H18Cl2N6/c1-22-4-6-23(7-5-22)15-13(18)14(19-9-20-15)21-12-8-10(16)2-3-11(12)17/h2-3,8-9H,4-7,18H2,1H3,(H,19,20,21). The number of benzene rings is 1. The summed E-state index contributed by atoms with van der Waals surface area (Å²) in [5, 5.41) is 4.28. The average Bonchev–Trinajstić information content (AvgIpc) is 2.54. The second-order valence-corrected chi connectivity index (χ2v) is 6.34. The summed E-state index contributed by atoms with van der Waals surface area (Å²) in [6.07, 6.45) is 1.50. The Morgan fingerprint density at radius 1 is 1.13 bits per heavy atom. The Hall–Kier alpha value is -1.76. The number of nitrogen functional groups attached to an aromatic ring is 1. The molecule has 1 fully saturated rings. The Morgan fingerprint density at radius 3 is 2.61 bits per heavy atom. The highest BCUT2D eigenvalue weighted by molar-refractivity contribution is 6.35. The highest BCUT2D eigenvalue weighted by Crippen LogP contribution is 2.32. The van der Waals surface area contributed by atoms with Gasteiger partial charge in [0, 0.05) is 31.2 Å². The average molecular weight is 353 g/mol. The fourth-order valence-electron chi connectivity index (χ4n) is 2.48. The van der Waals surface area contributed by atoms with Crippen molar-refractivity contribution in [2.75, 3.05) is 49.2 Å². The van der Waals surface area contributed by atoms with Crippen LogP contribution in [0.3, 0.4) is 0 Å². The molecule has 23 heavy (non-hydrogen) atoms. The van der Waals surface area contributed by atoms with Crippen LogP contribution in [0.25, 0.3) is 0 Å². The number of hydrogen-bond donors (Lipinski definition) is 2. The van der Waals surface area contributed by atoms with Gasteiger partial charge in [0.25, 0.3) is 0 Å². The van der Waals surface area contributed by atoms with Gasteiger partial charge in [0.2, 0.25) is 0 Å². The summed E-state index contributed by atoms with van der Waals surface area (Å²) in [4.78, 5) is 13.0. The van der Waals surface area contributed by atoms with E-state index in [2.05, 4.69) is 32.1 Å². The number of piperazine rings is 1. The Kier molecular flexibility index (Phi) is 4.75. The summed E-state index contributed by atoms with van der Waals surface area (Å²) in [5.74, 6) is 1.27. The van der Waals surface area contributed by atoms with Crippen LogP contribution in [0.4, 0.5) is 23.0 Å². The second-order valence-electron chi connectivity index (χ2n) is 5.50. The number of hydrogen-bond acceptors (Lipinski definition) is 6. The predicted octanol–water partition coefficient (Wildman–Crippen LogP) is 2.86. The van der Waals surface area contributed by atoms with Gasteiger partial charge in [0.15, 0.2) is 11.6 Å². The molecule has 1 saturated heterocycles. The fourth-order valence-corrected chi connectivity index (χ4v) is 2.81. The van der Waals surface area contributed by atoms with Crippen molar-refractivity contribution in [2.24, 2.45) is 0 Å². The zero-order valence-electron chi connectivity index (χ0n) is 12.8. The maximum absolute atomic E-state index is 6.27. The molecule has 0 amide bonds.